The van der Waals surface area contributed by atoms with Gasteiger partial charge in [-0.05, 0) is 144 Å². The Morgan fingerprint density at radius 2 is 1.77 bits per heavy atom. The SMILES string of the molecule is CC1(C)O[C@H]2[C@@]3(CC[C@H](CO)C3)C(=O)OC[C@@]23[C@@H]1C(=O)[C@@H](O)[C@]1(C2CCCC2)[C@@H]3CC[C@@]2(C)[C@H](c3ccoc3C[C@H]3[C@H]4C[C@H]5C=CN6CNC[C@H]6[C@H]5C[C@@H]4CC[C@@H]3O)OC(=O)[C@H]3O[C@@]312. The van der Waals surface area contributed by atoms with E-state index in [1.807, 2.05) is 19.9 Å². The average molecular weight is 885 g/mol. The lowest BCUT2D eigenvalue weighted by Crippen LogP contribution is -2.79. The molecule has 4 N–H and O–H groups in total. The van der Waals surface area contributed by atoms with E-state index in [4.69, 9.17) is 23.4 Å². The lowest BCUT2D eigenvalue weighted by atomic mass is 9.32. The number of cyclic esters (lactones) is 2. The Morgan fingerprint density at radius 1 is 0.938 bits per heavy atom. The van der Waals surface area contributed by atoms with E-state index >= 15 is 4.79 Å². The van der Waals surface area contributed by atoms with Gasteiger partial charge in [-0.25, -0.2) is 4.79 Å². The fourth-order valence-corrected chi connectivity index (χ4v) is 19.3. The number of carbonyl (C=O) groups excluding carboxylic acids is 3. The van der Waals surface area contributed by atoms with Crippen LogP contribution in [0.25, 0.3) is 0 Å². The van der Waals surface area contributed by atoms with Gasteiger partial charge in [0.05, 0.1) is 42.1 Å². The van der Waals surface area contributed by atoms with Gasteiger partial charge in [0.1, 0.15) is 30.2 Å². The molecule has 5 saturated heterocycles. The van der Waals surface area contributed by atoms with Crippen LogP contribution in [0.3, 0.4) is 0 Å². The summed E-state index contributed by atoms with van der Waals surface area (Å²) in [4.78, 5) is 47.1. The average Bonchev–Trinajstić information content (AvgIpc) is 3.93. The van der Waals surface area contributed by atoms with Crippen molar-refractivity contribution < 1.29 is 53.1 Å². The van der Waals surface area contributed by atoms with Gasteiger partial charge in [-0.15, -0.1) is 0 Å². The molecule has 3 spiro atoms. The third-order valence-corrected chi connectivity index (χ3v) is 21.5. The Balaban J connectivity index is 0.900. The number of hydrogen-bond acceptors (Lipinski definition) is 13. The molecule has 6 saturated carbocycles. The Labute approximate surface area is 375 Å². The highest BCUT2D eigenvalue weighted by Crippen LogP contribution is 2.83. The van der Waals surface area contributed by atoms with Crippen LogP contribution in [0.1, 0.15) is 122 Å². The Hall–Kier alpha value is -2.81. The number of esters is 2. The number of ether oxygens (including phenoxy) is 4. The molecule has 348 valence electrons. The molecule has 64 heavy (non-hydrogen) atoms. The molecule has 11 fully saturated rings. The number of nitrogens with zero attached hydrogens (tertiary/aromatic N) is 1. The topological polar surface area (TPSA) is 181 Å². The van der Waals surface area contributed by atoms with Crippen LogP contribution < -0.4 is 5.32 Å². The summed E-state index contributed by atoms with van der Waals surface area (Å²) in [7, 11) is 0. The van der Waals surface area contributed by atoms with Crippen molar-refractivity contribution >= 4 is 17.7 Å². The maximum Gasteiger partial charge on any atom is 0.339 e. The highest BCUT2D eigenvalue weighted by atomic mass is 16.7. The minimum Gasteiger partial charge on any atom is -0.469 e. The standard InChI is InChI=1S/C51H68N2O11/c1-46(2)39-38(56)40(57)50(29-6-4-5-7-29)37(49(39)24-61-45(59)48(44(49)64-46)15-10-26(21-48)23-54)11-14-47(3)41(62-43(58)42-51(47,50)63-42)30-13-17-60-36(30)20-33-31-18-28-12-16-53-25-52-22-34(53)32(28)19-27(31)8-9-35(33)55/h12-13,16-17,26-29,31-35,37,39-42,44,52,54-55,57H,4-11,14-15,18-25H2,1-3H3/t26-,27-,28+,31-,32-,33-,34-,35-,37+,39+,40+,41-,42+,44-,47-,48-,49+,50-,51+/m0/s1. The third kappa shape index (κ3) is 4.85. The quantitative estimate of drug-likeness (QED) is 0.230. The highest BCUT2D eigenvalue weighted by molar-refractivity contribution is 5.93. The summed E-state index contributed by atoms with van der Waals surface area (Å²) in [6.45, 7) is 7.92. The van der Waals surface area contributed by atoms with Gasteiger partial charge in [-0.2, -0.15) is 0 Å². The molecule has 0 radical (unpaired) electrons. The number of carbonyl (C=O) groups is 3. The highest BCUT2D eigenvalue weighted by Gasteiger charge is 2.93. The Bertz CT molecular complexity index is 2170. The second-order valence-electron chi connectivity index (χ2n) is 24.0. The fraction of sp³-hybridized carbons (Fsp3) is 0.824. The monoisotopic (exact) mass is 884 g/mol. The zero-order valence-corrected chi connectivity index (χ0v) is 37.8. The molecule has 6 aliphatic carbocycles. The zero-order valence-electron chi connectivity index (χ0n) is 37.8. The maximum absolute atomic E-state index is 15.7. The first-order valence-corrected chi connectivity index (χ1v) is 25.2. The molecule has 7 heterocycles. The van der Waals surface area contributed by atoms with Crippen molar-refractivity contribution in [2.75, 3.05) is 26.4 Å². The summed E-state index contributed by atoms with van der Waals surface area (Å²) in [6, 6.07) is 2.47. The molecule has 19 atom stereocenters. The summed E-state index contributed by atoms with van der Waals surface area (Å²) >= 11 is 0. The van der Waals surface area contributed by atoms with E-state index in [2.05, 4.69) is 29.4 Å². The summed E-state index contributed by atoms with van der Waals surface area (Å²) in [5.41, 5.74) is -5.53. The first kappa shape index (κ1) is 41.4. The number of fused-ring (bicyclic) bond motifs is 6. The maximum atomic E-state index is 15.7. The van der Waals surface area contributed by atoms with Gasteiger partial charge in [0.25, 0.3) is 0 Å². The first-order chi connectivity index (χ1) is 30.8. The van der Waals surface area contributed by atoms with Crippen molar-refractivity contribution in [3.8, 4) is 0 Å². The van der Waals surface area contributed by atoms with Gasteiger partial charge in [-0.1, -0.05) is 25.8 Å². The summed E-state index contributed by atoms with van der Waals surface area (Å²) in [5, 5.41) is 39.1. The number of aliphatic hydroxyl groups is 3. The van der Waals surface area contributed by atoms with E-state index in [0.29, 0.717) is 68.2 Å². The van der Waals surface area contributed by atoms with Gasteiger partial charge in [0.2, 0.25) is 0 Å². The van der Waals surface area contributed by atoms with Crippen LogP contribution >= 0.6 is 0 Å². The van der Waals surface area contributed by atoms with E-state index in [0.717, 1.165) is 75.9 Å². The second-order valence-corrected chi connectivity index (χ2v) is 24.0. The van der Waals surface area contributed by atoms with Crippen molar-refractivity contribution in [3.63, 3.8) is 0 Å². The zero-order chi connectivity index (χ0) is 43.9. The number of rotatable bonds is 5. The number of hydrogen-bond donors (Lipinski definition) is 4. The van der Waals surface area contributed by atoms with Crippen LogP contribution in [-0.4, -0.2) is 106 Å². The lowest BCUT2D eigenvalue weighted by Gasteiger charge is -2.70. The van der Waals surface area contributed by atoms with Gasteiger partial charge in [-0.3, -0.25) is 14.9 Å². The Kier molecular flexibility index (Phi) is 8.84. The summed E-state index contributed by atoms with van der Waals surface area (Å²) in [6.07, 6.45) is 12.8. The van der Waals surface area contributed by atoms with Crippen molar-refractivity contribution in [1.29, 1.82) is 0 Å². The van der Waals surface area contributed by atoms with Crippen LogP contribution in [0.5, 0.6) is 0 Å². The molecular weight excluding hydrogens is 817 g/mol. The van der Waals surface area contributed by atoms with Gasteiger partial charge < -0.3 is 43.6 Å². The fourth-order valence-electron chi connectivity index (χ4n) is 19.3. The molecule has 13 heteroatoms. The number of furan rings is 1. The van der Waals surface area contributed by atoms with E-state index < -0.39 is 75.3 Å². The number of allylic oxidation sites excluding steroid dienone is 1. The van der Waals surface area contributed by atoms with Crippen LogP contribution in [0.15, 0.2) is 29.0 Å². The molecule has 0 amide bonds. The van der Waals surface area contributed by atoms with Gasteiger partial charge in [0, 0.05) is 47.4 Å². The molecule has 0 bridgehead atoms. The van der Waals surface area contributed by atoms with Crippen LogP contribution in [0.4, 0.5) is 0 Å². The minimum absolute atomic E-state index is 0.00399. The number of epoxide rings is 1. The number of aliphatic hydroxyl groups excluding tert-OH is 3. The number of nitrogens with one attached hydrogen (secondary N) is 1. The lowest BCUT2D eigenvalue weighted by molar-refractivity contribution is -0.282. The molecule has 1 aromatic heterocycles. The molecule has 12 aliphatic rings. The predicted molar refractivity (Wildman–Crippen MR) is 227 cm³/mol. The first-order valence-electron chi connectivity index (χ1n) is 25.2. The van der Waals surface area contributed by atoms with Gasteiger partial charge in [0.15, 0.2) is 11.9 Å². The second kappa shape index (κ2) is 13.7. The molecule has 0 unspecified atom stereocenters. The smallest absolute Gasteiger partial charge is 0.339 e. The summed E-state index contributed by atoms with van der Waals surface area (Å²) in [5.74, 6) is 0.231. The molecule has 13 nitrogen and oxygen atoms in total. The molecule has 1 aromatic rings. The predicted octanol–water partition coefficient (Wildman–Crippen LogP) is 5.00. The van der Waals surface area contributed by atoms with Gasteiger partial charge >= 0.3 is 11.9 Å². The minimum atomic E-state index is -1.44. The van der Waals surface area contributed by atoms with Crippen molar-refractivity contribution in [2.24, 2.45) is 74.9 Å². The van der Waals surface area contributed by atoms with Crippen LogP contribution in [-0.2, 0) is 39.8 Å². The van der Waals surface area contributed by atoms with E-state index in [-0.39, 0.29) is 48.6 Å². The van der Waals surface area contributed by atoms with Crippen molar-refractivity contribution in [1.82, 2.24) is 10.2 Å². The van der Waals surface area contributed by atoms with Crippen LogP contribution in [0.2, 0.25) is 0 Å². The van der Waals surface area contributed by atoms with Crippen molar-refractivity contribution in [2.45, 2.75) is 158 Å². The molecule has 0 aromatic carbocycles. The van der Waals surface area contributed by atoms with Crippen LogP contribution in [0, 0.1) is 74.9 Å². The Morgan fingerprint density at radius 3 is 2.56 bits per heavy atom. The van der Waals surface area contributed by atoms with E-state index in [9.17, 15) is 24.9 Å². The van der Waals surface area contributed by atoms with E-state index in [1.54, 1.807) is 6.26 Å². The molecule has 13 rings (SSSR count). The van der Waals surface area contributed by atoms with Crippen molar-refractivity contribution in [3.05, 3.63) is 35.9 Å². The largest absolute Gasteiger partial charge is 0.469 e. The normalized spacial score (nSPS) is 53.0. The third-order valence-electron chi connectivity index (χ3n) is 21.5. The summed E-state index contributed by atoms with van der Waals surface area (Å²) < 4.78 is 33.7. The molecule has 6 aliphatic heterocycles. The number of Topliss-reactive ketones (excluding diaryl/α,β-unsaturated/α-hetero) is 1. The number of ketones is 1. The van der Waals surface area contributed by atoms with E-state index in [1.165, 1.54) is 0 Å². The molecular formula is C51H68N2O11.